The van der Waals surface area contributed by atoms with Gasteiger partial charge in [-0.1, -0.05) is 30.0 Å². The van der Waals surface area contributed by atoms with Crippen LogP contribution in [0.4, 0.5) is 15.8 Å². The number of nitro benzene ring substituents is 1. The largest absolute Gasteiger partial charge is 0.325 e. The second-order valence-electron chi connectivity index (χ2n) is 5.83. The van der Waals surface area contributed by atoms with Crippen molar-refractivity contribution in [2.45, 2.75) is 11.7 Å². The zero-order valence-corrected chi connectivity index (χ0v) is 15.9. The number of allylic oxidation sites excluding steroid dienone is 1. The maximum Gasteiger partial charge on any atom is 0.269 e. The van der Waals surface area contributed by atoms with E-state index in [0.717, 1.165) is 11.8 Å². The monoisotopic (exact) mass is 413 g/mol. The molecule has 10 heteroatoms. The Hall–Kier alpha value is -3.53. The van der Waals surface area contributed by atoms with Crippen LogP contribution < -0.4 is 5.32 Å². The van der Waals surface area contributed by atoms with Gasteiger partial charge in [0.05, 0.1) is 16.2 Å². The Balaban J connectivity index is 1.70. The lowest BCUT2D eigenvalue weighted by atomic mass is 10.2. The summed E-state index contributed by atoms with van der Waals surface area (Å²) in [6.07, 6.45) is 1.63. The van der Waals surface area contributed by atoms with Crippen LogP contribution in [0.1, 0.15) is 0 Å². The van der Waals surface area contributed by atoms with Gasteiger partial charge < -0.3 is 5.32 Å². The summed E-state index contributed by atoms with van der Waals surface area (Å²) in [6.45, 7) is 4.05. The number of halogens is 1. The van der Waals surface area contributed by atoms with Crippen LogP contribution in [0.15, 0.2) is 66.3 Å². The SMILES string of the molecule is C=CCn1c(SCC(=O)Nc2ccc([N+](=O)[O-])cc2)nnc1-c1ccccc1F. The van der Waals surface area contributed by atoms with Crippen molar-refractivity contribution in [1.29, 1.82) is 0 Å². The van der Waals surface area contributed by atoms with E-state index >= 15 is 0 Å². The third-order valence-corrected chi connectivity index (χ3v) is 4.80. The molecular weight excluding hydrogens is 397 g/mol. The van der Waals surface area contributed by atoms with E-state index in [2.05, 4.69) is 22.1 Å². The normalized spacial score (nSPS) is 10.5. The molecule has 0 radical (unpaired) electrons. The first-order valence-corrected chi connectivity index (χ1v) is 9.44. The van der Waals surface area contributed by atoms with Gasteiger partial charge in [0.25, 0.3) is 5.69 Å². The first-order valence-electron chi connectivity index (χ1n) is 8.45. The van der Waals surface area contributed by atoms with Crippen molar-refractivity contribution in [3.8, 4) is 11.4 Å². The Morgan fingerprint density at radius 2 is 1.97 bits per heavy atom. The predicted molar refractivity (Wildman–Crippen MR) is 108 cm³/mol. The molecule has 148 valence electrons. The van der Waals surface area contributed by atoms with Crippen molar-refractivity contribution in [3.05, 3.63) is 77.1 Å². The van der Waals surface area contributed by atoms with Gasteiger partial charge in [0.1, 0.15) is 5.82 Å². The standard InChI is InChI=1S/C19H16FN5O3S/c1-2-11-24-18(15-5-3-4-6-16(15)20)22-23-19(24)29-12-17(26)21-13-7-9-14(10-8-13)25(27)28/h2-10H,1,11-12H2,(H,21,26). The summed E-state index contributed by atoms with van der Waals surface area (Å²) in [5, 5.41) is 21.9. The number of rotatable bonds is 8. The molecule has 0 saturated carbocycles. The number of nitrogens with one attached hydrogen (secondary N) is 1. The molecule has 2 aromatic carbocycles. The third kappa shape index (κ3) is 4.85. The van der Waals surface area contributed by atoms with E-state index in [1.807, 2.05) is 0 Å². The van der Waals surface area contributed by atoms with E-state index in [9.17, 15) is 19.3 Å². The molecule has 29 heavy (non-hydrogen) atoms. The number of hydrogen-bond acceptors (Lipinski definition) is 6. The lowest BCUT2D eigenvalue weighted by Crippen LogP contribution is -2.14. The minimum absolute atomic E-state index is 0.0313. The first kappa shape index (κ1) is 20.2. The average Bonchev–Trinajstić information content (AvgIpc) is 3.10. The number of hydrogen-bond donors (Lipinski definition) is 1. The third-order valence-electron chi connectivity index (χ3n) is 3.84. The van der Waals surface area contributed by atoms with Gasteiger partial charge in [-0.15, -0.1) is 16.8 Å². The molecule has 0 saturated heterocycles. The molecule has 0 aliphatic heterocycles. The van der Waals surface area contributed by atoms with Crippen LogP contribution in [0.25, 0.3) is 11.4 Å². The number of aromatic nitrogens is 3. The molecule has 0 aliphatic carbocycles. The molecule has 0 bridgehead atoms. The molecule has 3 rings (SSSR count). The molecular formula is C19H16FN5O3S. The van der Waals surface area contributed by atoms with Gasteiger partial charge in [-0.05, 0) is 24.3 Å². The molecule has 0 unspecified atom stereocenters. The van der Waals surface area contributed by atoms with Crippen LogP contribution in [0.2, 0.25) is 0 Å². The van der Waals surface area contributed by atoms with Crippen molar-refractivity contribution in [1.82, 2.24) is 14.8 Å². The van der Waals surface area contributed by atoms with E-state index < -0.39 is 10.7 Å². The van der Waals surface area contributed by atoms with E-state index in [1.165, 1.54) is 30.3 Å². The van der Waals surface area contributed by atoms with Crippen molar-refractivity contribution >= 4 is 29.0 Å². The summed E-state index contributed by atoms with van der Waals surface area (Å²) in [5.41, 5.74) is 0.695. The smallest absolute Gasteiger partial charge is 0.269 e. The van der Waals surface area contributed by atoms with Gasteiger partial charge in [0, 0.05) is 24.4 Å². The number of benzene rings is 2. The highest BCUT2D eigenvalue weighted by Gasteiger charge is 2.17. The van der Waals surface area contributed by atoms with Gasteiger partial charge in [-0.2, -0.15) is 0 Å². The molecule has 1 amide bonds. The Labute approximate surface area is 169 Å². The second-order valence-corrected chi connectivity index (χ2v) is 6.77. The average molecular weight is 413 g/mol. The molecule has 1 N–H and O–H groups in total. The maximum absolute atomic E-state index is 14.1. The quantitative estimate of drug-likeness (QED) is 0.260. The summed E-state index contributed by atoms with van der Waals surface area (Å²) < 4.78 is 15.8. The summed E-state index contributed by atoms with van der Waals surface area (Å²) in [6, 6.07) is 11.8. The van der Waals surface area contributed by atoms with Crippen LogP contribution in [0, 0.1) is 15.9 Å². The van der Waals surface area contributed by atoms with Crippen LogP contribution in [-0.4, -0.2) is 31.3 Å². The van der Waals surface area contributed by atoms with Crippen molar-refractivity contribution < 1.29 is 14.1 Å². The zero-order chi connectivity index (χ0) is 20.8. The lowest BCUT2D eigenvalue weighted by molar-refractivity contribution is -0.384. The summed E-state index contributed by atoms with van der Waals surface area (Å²) in [5.74, 6) is -0.354. The van der Waals surface area contributed by atoms with Crippen molar-refractivity contribution in [2.75, 3.05) is 11.1 Å². The number of anilines is 1. The topological polar surface area (TPSA) is 103 Å². The van der Waals surface area contributed by atoms with Crippen molar-refractivity contribution in [2.24, 2.45) is 0 Å². The molecule has 1 heterocycles. The number of non-ortho nitro benzene ring substituents is 1. The zero-order valence-electron chi connectivity index (χ0n) is 15.1. The lowest BCUT2D eigenvalue weighted by Gasteiger charge is -2.08. The molecule has 3 aromatic rings. The summed E-state index contributed by atoms with van der Waals surface area (Å²) in [4.78, 5) is 22.4. The molecule has 1 aromatic heterocycles. The van der Waals surface area contributed by atoms with Gasteiger partial charge in [-0.25, -0.2) is 4.39 Å². The number of carbonyl (C=O) groups is 1. The van der Waals surface area contributed by atoms with E-state index in [1.54, 1.807) is 28.8 Å². The Morgan fingerprint density at radius 3 is 2.62 bits per heavy atom. The fraction of sp³-hybridized carbons (Fsp3) is 0.105. The van der Waals surface area contributed by atoms with Crippen LogP contribution >= 0.6 is 11.8 Å². The van der Waals surface area contributed by atoms with Gasteiger partial charge in [0.2, 0.25) is 5.91 Å². The number of amides is 1. The predicted octanol–water partition coefficient (Wildman–Crippen LogP) is 3.91. The summed E-state index contributed by atoms with van der Waals surface area (Å²) >= 11 is 1.14. The fourth-order valence-corrected chi connectivity index (χ4v) is 3.27. The number of thioether (sulfide) groups is 1. The highest BCUT2D eigenvalue weighted by Crippen LogP contribution is 2.26. The van der Waals surface area contributed by atoms with Crippen molar-refractivity contribution in [3.63, 3.8) is 0 Å². The first-order chi connectivity index (χ1) is 14.0. The minimum atomic E-state index is -0.513. The van der Waals surface area contributed by atoms with Crippen LogP contribution in [-0.2, 0) is 11.3 Å². The molecule has 0 aliphatic rings. The molecule has 8 nitrogen and oxygen atoms in total. The number of nitrogens with zero attached hydrogens (tertiary/aromatic N) is 4. The highest BCUT2D eigenvalue weighted by atomic mass is 32.2. The molecule has 0 fully saturated rings. The van der Waals surface area contributed by atoms with Gasteiger partial charge >= 0.3 is 0 Å². The minimum Gasteiger partial charge on any atom is -0.325 e. The fourth-order valence-electron chi connectivity index (χ4n) is 2.52. The number of carbonyl (C=O) groups excluding carboxylic acids is 1. The Kier molecular flexibility index (Phi) is 6.35. The number of nitro groups is 1. The Bertz CT molecular complexity index is 1050. The molecule has 0 spiro atoms. The highest BCUT2D eigenvalue weighted by molar-refractivity contribution is 7.99. The molecule has 0 atom stereocenters. The maximum atomic E-state index is 14.1. The van der Waals surface area contributed by atoms with Gasteiger partial charge in [0.15, 0.2) is 11.0 Å². The van der Waals surface area contributed by atoms with E-state index in [0.29, 0.717) is 28.8 Å². The Morgan fingerprint density at radius 1 is 1.24 bits per heavy atom. The summed E-state index contributed by atoms with van der Waals surface area (Å²) in [7, 11) is 0. The van der Waals surface area contributed by atoms with E-state index in [-0.39, 0.29) is 17.3 Å². The van der Waals surface area contributed by atoms with Gasteiger partial charge in [-0.3, -0.25) is 19.5 Å². The van der Waals surface area contributed by atoms with E-state index in [4.69, 9.17) is 0 Å². The van der Waals surface area contributed by atoms with Crippen LogP contribution in [0.3, 0.4) is 0 Å². The second kappa shape index (κ2) is 9.11. The van der Waals surface area contributed by atoms with Crippen LogP contribution in [0.5, 0.6) is 0 Å².